The number of aromatic nitrogens is 2. The number of oxazole rings is 1. The third-order valence-electron chi connectivity index (χ3n) is 6.82. The lowest BCUT2D eigenvalue weighted by molar-refractivity contribution is 0.0694. The van der Waals surface area contributed by atoms with Crippen molar-refractivity contribution in [1.29, 1.82) is 0 Å². The predicted molar refractivity (Wildman–Crippen MR) is 135 cm³/mol. The highest BCUT2D eigenvalue weighted by Gasteiger charge is 2.37. The average Bonchev–Trinajstić information content (AvgIpc) is 3.35. The minimum absolute atomic E-state index is 0.0200. The second kappa shape index (κ2) is 10.3. The van der Waals surface area contributed by atoms with Gasteiger partial charge >= 0.3 is 5.97 Å². The Kier molecular flexibility index (Phi) is 7.35. The fraction of sp³-hybridized carbons (Fsp3) is 0.500. The summed E-state index contributed by atoms with van der Waals surface area (Å²) in [6, 6.07) is 1.14. The normalized spacial score (nSPS) is 18.3. The van der Waals surface area contributed by atoms with Gasteiger partial charge in [-0.2, -0.15) is 0 Å². The van der Waals surface area contributed by atoms with E-state index in [0.29, 0.717) is 30.2 Å². The number of aromatic carboxylic acids is 1. The maximum Gasteiger partial charge on any atom is 0.341 e. The quantitative estimate of drug-likeness (QED) is 0.512. The minimum Gasteiger partial charge on any atom is -0.492 e. The van der Waals surface area contributed by atoms with E-state index < -0.39 is 17.2 Å². The van der Waals surface area contributed by atoms with Crippen molar-refractivity contribution in [3.8, 4) is 5.75 Å². The van der Waals surface area contributed by atoms with Crippen molar-refractivity contribution in [2.45, 2.75) is 45.2 Å². The molecule has 1 saturated carbocycles. The van der Waals surface area contributed by atoms with E-state index >= 15 is 4.39 Å². The summed E-state index contributed by atoms with van der Waals surface area (Å²) < 4.78 is 28.6. The van der Waals surface area contributed by atoms with E-state index in [-0.39, 0.29) is 34.7 Å². The van der Waals surface area contributed by atoms with Crippen molar-refractivity contribution in [1.82, 2.24) is 14.5 Å². The number of rotatable bonds is 7. The number of carboxylic acid groups (broad SMARTS) is 1. The summed E-state index contributed by atoms with van der Waals surface area (Å²) in [5.74, 6) is -0.924. The first-order chi connectivity index (χ1) is 17.3. The van der Waals surface area contributed by atoms with Gasteiger partial charge in [-0.15, -0.1) is 0 Å². The van der Waals surface area contributed by atoms with Crippen LogP contribution in [0, 0.1) is 11.7 Å². The van der Waals surface area contributed by atoms with Gasteiger partial charge in [0.05, 0.1) is 30.3 Å². The smallest absolute Gasteiger partial charge is 0.341 e. The molecule has 2 atom stereocenters. The first kappa shape index (κ1) is 25.7. The van der Waals surface area contributed by atoms with Crippen molar-refractivity contribution in [2.24, 2.45) is 5.92 Å². The lowest BCUT2D eigenvalue weighted by atomic mass is 9.98. The van der Waals surface area contributed by atoms with E-state index in [1.165, 1.54) is 13.3 Å². The van der Waals surface area contributed by atoms with Crippen LogP contribution in [0.25, 0.3) is 10.9 Å². The summed E-state index contributed by atoms with van der Waals surface area (Å²) in [6.45, 7) is 5.14. The van der Waals surface area contributed by atoms with Crippen molar-refractivity contribution in [3.05, 3.63) is 52.2 Å². The molecule has 0 bridgehead atoms. The molecule has 1 saturated heterocycles. The SMILES string of the molecule is CC.COc1c(N2CCC(C(c3ncco3)N(C)C)C2)c(F)cc2c(=O)c(C(=O)O)cn(C3CC3)c12. The zero-order valence-corrected chi connectivity index (χ0v) is 21.3. The molecular weight excluding hydrogens is 467 g/mol. The second-order valence-corrected chi connectivity index (χ2v) is 9.23. The fourth-order valence-electron chi connectivity index (χ4n) is 5.20. The van der Waals surface area contributed by atoms with Gasteiger partial charge in [-0.05, 0) is 39.4 Å². The van der Waals surface area contributed by atoms with E-state index in [0.717, 1.165) is 25.3 Å². The third-order valence-corrected chi connectivity index (χ3v) is 6.82. The summed E-state index contributed by atoms with van der Waals surface area (Å²) in [5.41, 5.74) is -0.343. The molecule has 1 N–H and O–H groups in total. The molecule has 2 aromatic heterocycles. The topological polar surface area (TPSA) is 101 Å². The van der Waals surface area contributed by atoms with Gasteiger partial charge in [0.1, 0.15) is 17.5 Å². The molecule has 0 spiro atoms. The number of halogens is 1. The van der Waals surface area contributed by atoms with Crippen molar-refractivity contribution in [3.63, 3.8) is 0 Å². The Morgan fingerprint density at radius 1 is 1.31 bits per heavy atom. The Labute approximate surface area is 209 Å². The molecule has 2 fully saturated rings. The molecule has 5 rings (SSSR count). The number of carboxylic acids is 1. The Morgan fingerprint density at radius 2 is 2.03 bits per heavy atom. The van der Waals surface area contributed by atoms with Crippen molar-refractivity contribution < 1.29 is 23.4 Å². The van der Waals surface area contributed by atoms with E-state index in [4.69, 9.17) is 9.15 Å². The summed E-state index contributed by atoms with van der Waals surface area (Å²) in [5, 5.41) is 9.54. The lowest BCUT2D eigenvalue weighted by Crippen LogP contribution is -2.30. The number of nitrogens with zero attached hydrogens (tertiary/aromatic N) is 4. The molecule has 3 aromatic rings. The van der Waals surface area contributed by atoms with Crippen LogP contribution in [0.5, 0.6) is 5.75 Å². The van der Waals surface area contributed by atoms with Crippen molar-refractivity contribution in [2.75, 3.05) is 39.2 Å². The van der Waals surface area contributed by atoms with Gasteiger partial charge in [-0.1, -0.05) is 13.8 Å². The Hall–Kier alpha value is -3.40. The Morgan fingerprint density at radius 3 is 2.58 bits per heavy atom. The van der Waals surface area contributed by atoms with Crippen LogP contribution in [0.15, 0.2) is 33.9 Å². The number of anilines is 1. The van der Waals surface area contributed by atoms with Crippen LogP contribution in [0.3, 0.4) is 0 Å². The standard InChI is InChI=1S/C24H27FN4O5.C2H6/c1-27(2)18(23-26-7-9-34-23)13-6-8-28(11-13)20-17(25)10-15-19(22(20)33-3)29(14-4-5-14)12-16(21(15)30)24(31)32;1-2/h7,9-10,12-14,18H,4-6,8,11H2,1-3H3,(H,31,32);1-2H3. The molecule has 2 unspecified atom stereocenters. The number of ether oxygens (including phenoxy) is 1. The van der Waals surface area contributed by atoms with Crippen LogP contribution in [0.2, 0.25) is 0 Å². The van der Waals surface area contributed by atoms with Crippen LogP contribution in [0.1, 0.15) is 61.4 Å². The molecular formula is C26H33FN4O5. The molecule has 3 heterocycles. The largest absolute Gasteiger partial charge is 0.492 e. The van der Waals surface area contributed by atoms with Crippen LogP contribution in [-0.2, 0) is 0 Å². The Bertz CT molecular complexity index is 1300. The molecule has 9 nitrogen and oxygen atoms in total. The highest BCUT2D eigenvalue weighted by molar-refractivity contribution is 5.97. The fourth-order valence-corrected chi connectivity index (χ4v) is 5.20. The first-order valence-corrected chi connectivity index (χ1v) is 12.3. The molecule has 194 valence electrons. The van der Waals surface area contributed by atoms with Crippen molar-refractivity contribution >= 4 is 22.6 Å². The van der Waals surface area contributed by atoms with Crippen LogP contribution >= 0.6 is 0 Å². The number of pyridine rings is 1. The number of hydrogen-bond acceptors (Lipinski definition) is 7. The van der Waals surface area contributed by atoms with Gasteiger partial charge in [-0.25, -0.2) is 14.2 Å². The summed E-state index contributed by atoms with van der Waals surface area (Å²) in [7, 11) is 5.37. The molecule has 1 aliphatic heterocycles. The molecule has 10 heteroatoms. The maximum atomic E-state index is 15.6. The summed E-state index contributed by atoms with van der Waals surface area (Å²) >= 11 is 0. The molecule has 2 aliphatic rings. The van der Waals surface area contributed by atoms with Crippen LogP contribution in [0.4, 0.5) is 10.1 Å². The molecule has 1 aliphatic carbocycles. The molecule has 0 amide bonds. The van der Waals surface area contributed by atoms with E-state index in [1.54, 1.807) is 17.0 Å². The zero-order valence-electron chi connectivity index (χ0n) is 21.3. The zero-order chi connectivity index (χ0) is 26.1. The number of methoxy groups -OCH3 is 1. The number of hydrogen-bond donors (Lipinski definition) is 1. The first-order valence-electron chi connectivity index (χ1n) is 12.3. The van der Waals surface area contributed by atoms with Gasteiger partial charge in [0, 0.05) is 31.2 Å². The summed E-state index contributed by atoms with van der Waals surface area (Å²) in [6.07, 6.45) is 7.05. The molecule has 1 aromatic carbocycles. The molecule has 0 radical (unpaired) electrons. The Balaban J connectivity index is 0.00000148. The monoisotopic (exact) mass is 500 g/mol. The highest BCUT2D eigenvalue weighted by atomic mass is 19.1. The average molecular weight is 501 g/mol. The van der Waals surface area contributed by atoms with E-state index in [9.17, 15) is 14.7 Å². The number of carbonyl (C=O) groups is 1. The summed E-state index contributed by atoms with van der Waals surface area (Å²) in [4.78, 5) is 32.9. The van der Waals surface area contributed by atoms with Gasteiger partial charge in [0.25, 0.3) is 0 Å². The van der Waals surface area contributed by atoms with Gasteiger partial charge in [0.15, 0.2) is 11.6 Å². The van der Waals surface area contributed by atoms with E-state index in [2.05, 4.69) is 4.98 Å². The highest BCUT2D eigenvalue weighted by Crippen LogP contribution is 2.45. The molecule has 36 heavy (non-hydrogen) atoms. The lowest BCUT2D eigenvalue weighted by Gasteiger charge is -2.28. The minimum atomic E-state index is -1.33. The van der Waals surface area contributed by atoms with Gasteiger partial charge in [-0.3, -0.25) is 9.69 Å². The number of fused-ring (bicyclic) bond motifs is 1. The number of benzene rings is 1. The van der Waals surface area contributed by atoms with Gasteiger partial charge in [0.2, 0.25) is 11.3 Å². The predicted octanol–water partition coefficient (Wildman–Crippen LogP) is 4.33. The van der Waals surface area contributed by atoms with Gasteiger partial charge < -0.3 is 23.7 Å². The van der Waals surface area contributed by atoms with Crippen LogP contribution in [-0.4, -0.2) is 59.8 Å². The van der Waals surface area contributed by atoms with Crippen LogP contribution < -0.4 is 15.1 Å². The van der Waals surface area contributed by atoms with E-state index in [1.807, 2.05) is 37.7 Å². The second-order valence-electron chi connectivity index (χ2n) is 9.23. The maximum absolute atomic E-state index is 15.6. The third kappa shape index (κ3) is 4.45.